The number of hydrogen-bond acceptors (Lipinski definition) is 4. The van der Waals surface area contributed by atoms with Crippen molar-refractivity contribution >= 4 is 28.7 Å². The minimum absolute atomic E-state index is 0.121. The van der Waals surface area contributed by atoms with E-state index >= 15 is 0 Å². The molecule has 0 saturated carbocycles. The maximum Gasteiger partial charge on any atom is 0.406 e. The van der Waals surface area contributed by atoms with E-state index in [2.05, 4.69) is 9.97 Å². The zero-order valence-corrected chi connectivity index (χ0v) is 13.1. The van der Waals surface area contributed by atoms with Crippen LogP contribution in [0.1, 0.15) is 12.1 Å². The number of alkyl halides is 3. The minimum Gasteiger partial charge on any atom is -0.333 e. The summed E-state index contributed by atoms with van der Waals surface area (Å²) in [6.07, 6.45) is -3.98. The summed E-state index contributed by atoms with van der Waals surface area (Å²) in [7, 11) is 0. The number of para-hydroxylation sites is 2. The lowest BCUT2D eigenvalue weighted by atomic mass is 10.3. The number of amides is 1. The monoisotopic (exact) mass is 341 g/mol. The van der Waals surface area contributed by atoms with E-state index in [1.54, 1.807) is 6.92 Å². The van der Waals surface area contributed by atoms with Crippen LogP contribution < -0.4 is 0 Å². The number of aromatic nitrogens is 2. The molecule has 0 N–H and O–H groups in total. The number of hydrogen-bond donors (Lipinski definition) is 0. The lowest BCUT2D eigenvalue weighted by Crippen LogP contribution is -2.36. The Labute approximate surface area is 135 Å². The zero-order valence-electron chi connectivity index (χ0n) is 12.3. The van der Waals surface area contributed by atoms with Crippen molar-refractivity contribution in [1.82, 2.24) is 14.9 Å². The standard InChI is InChI=1S/C15H14F3N3OS/c1-9-13(20-11-5-3-2-4-10(11)19-9)23-12-6-7-21(14(12)22)8-15(16,17)18/h2-5,12H,6-8H2,1H3. The van der Waals surface area contributed by atoms with Gasteiger partial charge in [0.15, 0.2) is 0 Å². The first-order valence-electron chi connectivity index (χ1n) is 7.09. The van der Waals surface area contributed by atoms with Gasteiger partial charge in [0.1, 0.15) is 11.6 Å². The van der Waals surface area contributed by atoms with Crippen LogP contribution in [0, 0.1) is 6.92 Å². The number of carbonyl (C=O) groups is 1. The molecule has 4 nitrogen and oxygen atoms in total. The highest BCUT2D eigenvalue weighted by Gasteiger charge is 2.40. The van der Waals surface area contributed by atoms with Gasteiger partial charge in [-0.05, 0) is 25.5 Å². The molecule has 0 bridgehead atoms. The van der Waals surface area contributed by atoms with E-state index < -0.39 is 23.9 Å². The molecule has 2 aromatic rings. The van der Waals surface area contributed by atoms with Crippen molar-refractivity contribution in [2.24, 2.45) is 0 Å². The highest BCUT2D eigenvalue weighted by molar-refractivity contribution is 8.00. The summed E-state index contributed by atoms with van der Waals surface area (Å²) in [6, 6.07) is 7.36. The maximum atomic E-state index is 12.5. The van der Waals surface area contributed by atoms with E-state index in [-0.39, 0.29) is 6.54 Å². The van der Waals surface area contributed by atoms with Gasteiger partial charge in [0, 0.05) is 6.54 Å². The minimum atomic E-state index is -4.37. The van der Waals surface area contributed by atoms with Gasteiger partial charge < -0.3 is 4.90 Å². The first-order valence-corrected chi connectivity index (χ1v) is 7.97. The van der Waals surface area contributed by atoms with Gasteiger partial charge in [-0.25, -0.2) is 9.97 Å². The largest absolute Gasteiger partial charge is 0.406 e. The summed E-state index contributed by atoms with van der Waals surface area (Å²) in [5, 5.41) is 0.0578. The summed E-state index contributed by atoms with van der Waals surface area (Å²) in [6.45, 7) is 0.718. The van der Waals surface area contributed by atoms with Crippen LogP contribution in [-0.4, -0.2) is 45.3 Å². The zero-order chi connectivity index (χ0) is 16.6. The fourth-order valence-electron chi connectivity index (χ4n) is 2.51. The van der Waals surface area contributed by atoms with Crippen molar-refractivity contribution in [3.63, 3.8) is 0 Å². The van der Waals surface area contributed by atoms with Crippen molar-refractivity contribution in [1.29, 1.82) is 0 Å². The second-order valence-corrected chi connectivity index (χ2v) is 6.56. The van der Waals surface area contributed by atoms with Crippen molar-refractivity contribution in [3.8, 4) is 0 Å². The molecule has 1 aliphatic heterocycles. The Kier molecular flexibility index (Phi) is 4.18. The van der Waals surface area contributed by atoms with E-state index in [0.29, 0.717) is 22.7 Å². The molecule has 1 saturated heterocycles. The number of halogens is 3. The number of likely N-dealkylation sites (tertiary alicyclic amines) is 1. The maximum absolute atomic E-state index is 12.5. The van der Waals surface area contributed by atoms with Gasteiger partial charge in [-0.2, -0.15) is 13.2 Å². The summed E-state index contributed by atoms with van der Waals surface area (Å²) < 4.78 is 37.4. The number of benzene rings is 1. The molecule has 0 spiro atoms. The summed E-state index contributed by atoms with van der Waals surface area (Å²) >= 11 is 1.20. The van der Waals surface area contributed by atoms with Gasteiger partial charge in [0.25, 0.3) is 0 Å². The van der Waals surface area contributed by atoms with Crippen LogP contribution in [0.15, 0.2) is 29.3 Å². The number of rotatable bonds is 3. The second kappa shape index (κ2) is 5.99. The third-order valence-corrected chi connectivity index (χ3v) is 4.91. The molecule has 1 amide bonds. The molecule has 122 valence electrons. The molecule has 8 heteroatoms. The van der Waals surface area contributed by atoms with E-state index in [9.17, 15) is 18.0 Å². The Hall–Kier alpha value is -1.83. The molecule has 1 unspecified atom stereocenters. The smallest absolute Gasteiger partial charge is 0.333 e. The number of aryl methyl sites for hydroxylation is 1. The average molecular weight is 341 g/mol. The number of fused-ring (bicyclic) bond motifs is 1. The molecule has 1 atom stereocenters. The molecular formula is C15H14F3N3OS. The highest BCUT2D eigenvalue weighted by atomic mass is 32.2. The quantitative estimate of drug-likeness (QED) is 0.860. The third-order valence-electron chi connectivity index (χ3n) is 3.57. The molecule has 1 fully saturated rings. The predicted octanol–water partition coefficient (Wildman–Crippen LogP) is 3.19. The van der Waals surface area contributed by atoms with Crippen molar-refractivity contribution in [2.75, 3.05) is 13.1 Å². The normalized spacial score (nSPS) is 18.9. The molecule has 23 heavy (non-hydrogen) atoms. The lowest BCUT2D eigenvalue weighted by Gasteiger charge is -2.18. The van der Waals surface area contributed by atoms with Crippen LogP contribution in [0.3, 0.4) is 0 Å². The lowest BCUT2D eigenvalue weighted by molar-refractivity contribution is -0.157. The topological polar surface area (TPSA) is 46.1 Å². The van der Waals surface area contributed by atoms with Gasteiger partial charge in [-0.1, -0.05) is 23.9 Å². The summed E-state index contributed by atoms with van der Waals surface area (Å²) in [5.41, 5.74) is 2.14. The van der Waals surface area contributed by atoms with E-state index in [0.717, 1.165) is 10.4 Å². The fraction of sp³-hybridized carbons (Fsp3) is 0.400. The molecule has 2 heterocycles. The highest BCUT2D eigenvalue weighted by Crippen LogP contribution is 2.33. The molecule has 0 aliphatic carbocycles. The molecule has 1 aromatic heterocycles. The van der Waals surface area contributed by atoms with Crippen molar-refractivity contribution in [2.45, 2.75) is 29.8 Å². The third kappa shape index (κ3) is 3.57. The van der Waals surface area contributed by atoms with Gasteiger partial charge in [0.2, 0.25) is 5.91 Å². The van der Waals surface area contributed by atoms with Crippen molar-refractivity contribution in [3.05, 3.63) is 30.0 Å². The van der Waals surface area contributed by atoms with Gasteiger partial charge in [-0.3, -0.25) is 4.79 Å². The Morgan fingerprint density at radius 3 is 2.57 bits per heavy atom. The van der Waals surface area contributed by atoms with E-state index in [1.165, 1.54) is 11.8 Å². The van der Waals surface area contributed by atoms with Gasteiger partial charge in [0.05, 0.1) is 22.0 Å². The fourth-order valence-corrected chi connectivity index (χ4v) is 3.62. The van der Waals surface area contributed by atoms with Crippen LogP contribution in [0.4, 0.5) is 13.2 Å². The van der Waals surface area contributed by atoms with Crippen LogP contribution >= 0.6 is 11.8 Å². The first kappa shape index (κ1) is 16.0. The molecular weight excluding hydrogens is 327 g/mol. The van der Waals surface area contributed by atoms with E-state index in [4.69, 9.17) is 0 Å². The van der Waals surface area contributed by atoms with Crippen molar-refractivity contribution < 1.29 is 18.0 Å². The summed E-state index contributed by atoms with van der Waals surface area (Å²) in [5.74, 6) is -0.485. The number of thioether (sulfide) groups is 1. The van der Waals surface area contributed by atoms with Crippen LogP contribution in [0.5, 0.6) is 0 Å². The molecule has 1 aromatic carbocycles. The second-order valence-electron chi connectivity index (χ2n) is 5.37. The first-order chi connectivity index (χ1) is 10.8. The van der Waals surface area contributed by atoms with Gasteiger partial charge >= 0.3 is 6.18 Å². The van der Waals surface area contributed by atoms with Crippen LogP contribution in [0.2, 0.25) is 0 Å². The Bertz CT molecular complexity index is 750. The number of nitrogens with zero attached hydrogens (tertiary/aromatic N) is 3. The Balaban J connectivity index is 1.77. The molecule has 0 radical (unpaired) electrons. The van der Waals surface area contributed by atoms with Crippen LogP contribution in [-0.2, 0) is 4.79 Å². The Morgan fingerprint density at radius 1 is 1.26 bits per heavy atom. The molecule has 3 rings (SSSR count). The molecule has 1 aliphatic rings. The predicted molar refractivity (Wildman–Crippen MR) is 81.2 cm³/mol. The summed E-state index contributed by atoms with van der Waals surface area (Å²) in [4.78, 5) is 21.9. The van der Waals surface area contributed by atoms with Crippen LogP contribution in [0.25, 0.3) is 11.0 Å². The number of carbonyl (C=O) groups excluding carboxylic acids is 1. The average Bonchev–Trinajstić information content (AvgIpc) is 2.79. The SMILES string of the molecule is Cc1nc2ccccc2nc1SC1CCN(CC(F)(F)F)C1=O. The van der Waals surface area contributed by atoms with E-state index in [1.807, 2.05) is 24.3 Å². The Morgan fingerprint density at radius 2 is 1.91 bits per heavy atom. The van der Waals surface area contributed by atoms with Gasteiger partial charge in [-0.15, -0.1) is 0 Å².